The van der Waals surface area contributed by atoms with Gasteiger partial charge in [-0.3, -0.25) is 4.79 Å². The standard InChI is InChI=1S/C15H10N4OS/c20-14-13(21-15-17-9-18-19(14)15)8-16-12-6-5-10-3-1-2-4-11(10)7-12/h1-9,16H/b13-8-. The molecule has 1 N–H and O–H groups in total. The van der Waals surface area contributed by atoms with Gasteiger partial charge in [0.15, 0.2) is 0 Å². The van der Waals surface area contributed by atoms with Gasteiger partial charge in [0.25, 0.3) is 5.56 Å². The monoisotopic (exact) mass is 294 g/mol. The van der Waals surface area contributed by atoms with Gasteiger partial charge in [-0.25, -0.2) is 4.98 Å². The highest BCUT2D eigenvalue weighted by Crippen LogP contribution is 2.18. The van der Waals surface area contributed by atoms with E-state index in [9.17, 15) is 4.79 Å². The number of nitrogens with zero attached hydrogens (tertiary/aromatic N) is 3. The van der Waals surface area contributed by atoms with Gasteiger partial charge >= 0.3 is 0 Å². The van der Waals surface area contributed by atoms with Crippen molar-refractivity contribution in [3.8, 4) is 0 Å². The molecule has 102 valence electrons. The van der Waals surface area contributed by atoms with Crippen LogP contribution in [0.1, 0.15) is 0 Å². The molecule has 5 nitrogen and oxygen atoms in total. The molecule has 21 heavy (non-hydrogen) atoms. The Morgan fingerprint density at radius 3 is 2.86 bits per heavy atom. The maximum atomic E-state index is 12.0. The van der Waals surface area contributed by atoms with Gasteiger partial charge in [0.05, 0.1) is 0 Å². The van der Waals surface area contributed by atoms with E-state index in [0.29, 0.717) is 9.49 Å². The van der Waals surface area contributed by atoms with Crippen LogP contribution in [0.5, 0.6) is 0 Å². The molecule has 0 atom stereocenters. The minimum Gasteiger partial charge on any atom is -0.360 e. The first kappa shape index (κ1) is 12.0. The molecular weight excluding hydrogens is 284 g/mol. The molecule has 0 saturated heterocycles. The van der Waals surface area contributed by atoms with Crippen LogP contribution in [0.3, 0.4) is 0 Å². The molecule has 0 aliphatic carbocycles. The summed E-state index contributed by atoms with van der Waals surface area (Å²) in [5, 5.41) is 9.39. The Bertz CT molecular complexity index is 1050. The predicted molar refractivity (Wildman–Crippen MR) is 84.4 cm³/mol. The molecule has 0 unspecified atom stereocenters. The second-order valence-electron chi connectivity index (χ2n) is 4.58. The van der Waals surface area contributed by atoms with Crippen LogP contribution in [0, 0.1) is 0 Å². The molecule has 2 aromatic carbocycles. The van der Waals surface area contributed by atoms with Crippen molar-refractivity contribution in [1.82, 2.24) is 14.6 Å². The van der Waals surface area contributed by atoms with E-state index in [1.807, 2.05) is 30.3 Å². The highest BCUT2D eigenvalue weighted by molar-refractivity contribution is 7.15. The number of hydrogen-bond acceptors (Lipinski definition) is 5. The van der Waals surface area contributed by atoms with Gasteiger partial charge in [-0.2, -0.15) is 9.61 Å². The van der Waals surface area contributed by atoms with Gasteiger partial charge in [-0.15, -0.1) is 0 Å². The largest absolute Gasteiger partial charge is 0.360 e. The number of nitrogens with one attached hydrogen (secondary N) is 1. The summed E-state index contributed by atoms with van der Waals surface area (Å²) in [6.07, 6.45) is 3.08. The van der Waals surface area contributed by atoms with Gasteiger partial charge in [-0.1, -0.05) is 41.7 Å². The second kappa shape index (κ2) is 4.68. The van der Waals surface area contributed by atoms with Crippen LogP contribution in [0.15, 0.2) is 53.6 Å². The average Bonchev–Trinajstić information content (AvgIpc) is 3.08. The summed E-state index contributed by atoms with van der Waals surface area (Å²) in [7, 11) is 0. The molecule has 0 spiro atoms. The summed E-state index contributed by atoms with van der Waals surface area (Å²) < 4.78 is 1.89. The van der Waals surface area contributed by atoms with Crippen molar-refractivity contribution < 1.29 is 0 Å². The van der Waals surface area contributed by atoms with Crippen LogP contribution in [0.4, 0.5) is 5.69 Å². The molecule has 4 rings (SSSR count). The molecule has 4 aromatic rings. The van der Waals surface area contributed by atoms with Crippen molar-refractivity contribution in [3.05, 3.63) is 63.7 Å². The Balaban J connectivity index is 1.74. The van der Waals surface area contributed by atoms with Gasteiger partial charge in [0, 0.05) is 11.9 Å². The quantitative estimate of drug-likeness (QED) is 0.613. The van der Waals surface area contributed by atoms with E-state index in [4.69, 9.17) is 0 Å². The zero-order valence-electron chi connectivity index (χ0n) is 10.9. The van der Waals surface area contributed by atoms with Gasteiger partial charge in [-0.05, 0) is 22.9 Å². The van der Waals surface area contributed by atoms with Crippen LogP contribution in [0.25, 0.3) is 21.9 Å². The van der Waals surface area contributed by atoms with Gasteiger partial charge < -0.3 is 5.32 Å². The van der Waals surface area contributed by atoms with Crippen molar-refractivity contribution >= 4 is 39.0 Å². The summed E-state index contributed by atoms with van der Waals surface area (Å²) in [5.41, 5.74) is 0.785. The summed E-state index contributed by atoms with van der Waals surface area (Å²) in [6.45, 7) is 0. The minimum atomic E-state index is -0.152. The van der Waals surface area contributed by atoms with E-state index in [2.05, 4.69) is 27.5 Å². The first-order chi connectivity index (χ1) is 10.3. The zero-order valence-corrected chi connectivity index (χ0v) is 11.7. The third-order valence-electron chi connectivity index (χ3n) is 3.24. The average molecular weight is 294 g/mol. The highest BCUT2D eigenvalue weighted by atomic mass is 32.1. The maximum absolute atomic E-state index is 12.0. The van der Waals surface area contributed by atoms with Crippen LogP contribution >= 0.6 is 11.3 Å². The smallest absolute Gasteiger partial charge is 0.292 e. The summed E-state index contributed by atoms with van der Waals surface area (Å²) in [4.78, 5) is 16.6. The first-order valence-corrected chi connectivity index (χ1v) is 7.21. The fourth-order valence-corrected chi connectivity index (χ4v) is 3.01. The number of fused-ring (bicyclic) bond motifs is 2. The van der Waals surface area contributed by atoms with E-state index >= 15 is 0 Å². The lowest BCUT2D eigenvalue weighted by molar-refractivity contribution is 0.932. The number of benzene rings is 2. The van der Waals surface area contributed by atoms with E-state index in [-0.39, 0.29) is 5.56 Å². The Morgan fingerprint density at radius 1 is 1.14 bits per heavy atom. The minimum absolute atomic E-state index is 0.152. The SMILES string of the molecule is O=c1/c(=C/Nc2ccc3ccccc3c2)sc2ncnn12. The normalized spacial score (nSPS) is 12.3. The predicted octanol–water partition coefficient (Wildman–Crippen LogP) is 1.87. The number of aromatic nitrogens is 3. The number of thiazole rings is 1. The van der Waals surface area contributed by atoms with E-state index < -0.39 is 0 Å². The van der Waals surface area contributed by atoms with E-state index in [1.165, 1.54) is 27.6 Å². The molecule has 0 amide bonds. The van der Waals surface area contributed by atoms with Crippen LogP contribution in [0.2, 0.25) is 0 Å². The molecule has 0 aliphatic rings. The molecule has 6 heteroatoms. The third kappa shape index (κ3) is 2.05. The van der Waals surface area contributed by atoms with Crippen LogP contribution in [-0.2, 0) is 0 Å². The Hall–Kier alpha value is -2.73. The lowest BCUT2D eigenvalue weighted by atomic mass is 10.1. The highest BCUT2D eigenvalue weighted by Gasteiger charge is 2.04. The number of rotatable bonds is 2. The van der Waals surface area contributed by atoms with E-state index in [1.54, 1.807) is 6.20 Å². The molecule has 0 radical (unpaired) electrons. The third-order valence-corrected chi connectivity index (χ3v) is 4.21. The molecule has 2 heterocycles. The zero-order chi connectivity index (χ0) is 14.2. The number of hydrogen-bond donors (Lipinski definition) is 1. The summed E-state index contributed by atoms with van der Waals surface area (Å²) in [5.74, 6) is 0. The van der Waals surface area contributed by atoms with Crippen molar-refractivity contribution in [2.75, 3.05) is 5.32 Å². The molecule has 0 fully saturated rings. The fraction of sp³-hybridized carbons (Fsp3) is 0. The van der Waals surface area contributed by atoms with Crippen molar-refractivity contribution in [2.45, 2.75) is 0 Å². The lowest BCUT2D eigenvalue weighted by Gasteiger charge is -2.02. The Morgan fingerprint density at radius 2 is 2.00 bits per heavy atom. The topological polar surface area (TPSA) is 59.3 Å². The van der Waals surface area contributed by atoms with Crippen LogP contribution < -0.4 is 15.4 Å². The summed E-state index contributed by atoms with van der Waals surface area (Å²) >= 11 is 1.31. The van der Waals surface area contributed by atoms with Gasteiger partial charge in [0.1, 0.15) is 10.9 Å². The van der Waals surface area contributed by atoms with Gasteiger partial charge in [0.2, 0.25) is 4.96 Å². The Labute approximate surface area is 123 Å². The van der Waals surface area contributed by atoms with Crippen molar-refractivity contribution in [2.24, 2.45) is 0 Å². The molecule has 0 saturated carbocycles. The maximum Gasteiger partial charge on any atom is 0.292 e. The lowest BCUT2D eigenvalue weighted by Crippen LogP contribution is -2.24. The fourth-order valence-electron chi connectivity index (χ4n) is 2.21. The van der Waals surface area contributed by atoms with Crippen molar-refractivity contribution in [1.29, 1.82) is 0 Å². The van der Waals surface area contributed by atoms with Crippen molar-refractivity contribution in [3.63, 3.8) is 0 Å². The molecule has 2 aromatic heterocycles. The molecule has 0 aliphatic heterocycles. The number of anilines is 1. The second-order valence-corrected chi connectivity index (χ2v) is 5.59. The molecule has 0 bridgehead atoms. The van der Waals surface area contributed by atoms with E-state index in [0.717, 1.165) is 11.1 Å². The molecular formula is C15H10N4OS. The summed E-state index contributed by atoms with van der Waals surface area (Å²) in [6, 6.07) is 14.2. The Kier molecular flexibility index (Phi) is 2.68. The van der Waals surface area contributed by atoms with Crippen LogP contribution in [-0.4, -0.2) is 14.6 Å². The first-order valence-electron chi connectivity index (χ1n) is 6.39.